The highest BCUT2D eigenvalue weighted by Crippen LogP contribution is 2.30. The number of rotatable bonds is 5. The highest BCUT2D eigenvalue weighted by molar-refractivity contribution is 6.30. The van der Waals surface area contributed by atoms with Crippen LogP contribution in [0.2, 0.25) is 5.02 Å². The zero-order valence-electron chi connectivity index (χ0n) is 16.2. The second-order valence-corrected chi connectivity index (χ2v) is 7.50. The number of amides is 2. The van der Waals surface area contributed by atoms with Gasteiger partial charge in [0.25, 0.3) is 0 Å². The first-order valence-corrected chi connectivity index (χ1v) is 9.94. The summed E-state index contributed by atoms with van der Waals surface area (Å²) >= 11 is 5.92. The molecule has 2 atom stereocenters. The molecule has 6 heteroatoms. The van der Waals surface area contributed by atoms with Gasteiger partial charge < -0.3 is 15.0 Å². The Kier molecular flexibility index (Phi) is 6.57. The number of carbonyl (C=O) groups is 2. The highest BCUT2D eigenvalue weighted by atomic mass is 35.5. The summed E-state index contributed by atoms with van der Waals surface area (Å²) in [5.41, 5.74) is 2.06. The van der Waals surface area contributed by atoms with Crippen LogP contribution in [-0.4, -0.2) is 36.5 Å². The Bertz CT molecular complexity index is 821. The van der Waals surface area contributed by atoms with Crippen LogP contribution in [0.25, 0.3) is 11.1 Å². The molecule has 0 heterocycles. The number of hydrogen-bond donors (Lipinski definition) is 1. The minimum atomic E-state index is -0.402. The lowest BCUT2D eigenvalue weighted by Crippen LogP contribution is -2.38. The molecule has 1 aliphatic rings. The van der Waals surface area contributed by atoms with Crippen molar-refractivity contribution in [2.45, 2.75) is 32.2 Å². The fourth-order valence-corrected chi connectivity index (χ4v) is 3.67. The summed E-state index contributed by atoms with van der Waals surface area (Å²) in [4.78, 5) is 26.1. The first-order valence-electron chi connectivity index (χ1n) is 9.56. The van der Waals surface area contributed by atoms with E-state index in [1.54, 1.807) is 24.1 Å². The molecule has 0 radical (unpaired) electrons. The van der Waals surface area contributed by atoms with Crippen LogP contribution < -0.4 is 10.1 Å². The molecule has 1 fully saturated rings. The third-order valence-electron chi connectivity index (χ3n) is 5.20. The molecule has 5 nitrogen and oxygen atoms in total. The van der Waals surface area contributed by atoms with Crippen molar-refractivity contribution in [3.8, 4) is 16.9 Å². The molecule has 2 aromatic carbocycles. The number of benzene rings is 2. The first-order chi connectivity index (χ1) is 13.5. The molecular formula is C22H25ClN2O3. The molecule has 1 N–H and O–H groups in total. The van der Waals surface area contributed by atoms with Gasteiger partial charge in [0.1, 0.15) is 5.75 Å². The maximum Gasteiger partial charge on any atom is 0.415 e. The highest BCUT2D eigenvalue weighted by Gasteiger charge is 2.34. The van der Waals surface area contributed by atoms with E-state index in [1.807, 2.05) is 43.3 Å². The summed E-state index contributed by atoms with van der Waals surface area (Å²) in [6.07, 6.45) is 1.88. The van der Waals surface area contributed by atoms with E-state index in [-0.39, 0.29) is 17.9 Å². The lowest BCUT2D eigenvalue weighted by atomic mass is 10.1. The number of nitrogens with one attached hydrogen (secondary N) is 1. The van der Waals surface area contributed by atoms with E-state index in [0.29, 0.717) is 23.7 Å². The van der Waals surface area contributed by atoms with Crippen molar-refractivity contribution in [3.63, 3.8) is 0 Å². The zero-order chi connectivity index (χ0) is 20.1. The Balaban J connectivity index is 1.57. The van der Waals surface area contributed by atoms with E-state index in [1.165, 1.54) is 0 Å². The largest absolute Gasteiger partial charge is 0.415 e. The normalized spacial score (nSPS) is 18.5. The number of hydrogen-bond acceptors (Lipinski definition) is 3. The quantitative estimate of drug-likeness (QED) is 0.788. The second kappa shape index (κ2) is 9.11. The maximum absolute atomic E-state index is 12.5. The van der Waals surface area contributed by atoms with Crippen molar-refractivity contribution in [2.75, 3.05) is 13.6 Å². The van der Waals surface area contributed by atoms with Crippen molar-refractivity contribution in [3.05, 3.63) is 53.6 Å². The van der Waals surface area contributed by atoms with Crippen molar-refractivity contribution in [1.82, 2.24) is 10.2 Å². The fourth-order valence-electron chi connectivity index (χ4n) is 3.55. The molecule has 2 aromatic rings. The minimum Gasteiger partial charge on any atom is -0.410 e. The van der Waals surface area contributed by atoms with Gasteiger partial charge in [0.05, 0.1) is 0 Å². The van der Waals surface area contributed by atoms with E-state index in [0.717, 1.165) is 24.0 Å². The molecule has 1 aliphatic carbocycles. The Morgan fingerprint density at radius 1 is 1.07 bits per heavy atom. The summed E-state index contributed by atoms with van der Waals surface area (Å²) in [5, 5.41) is 3.55. The van der Waals surface area contributed by atoms with Crippen LogP contribution in [0.15, 0.2) is 48.5 Å². The molecule has 3 rings (SSSR count). The van der Waals surface area contributed by atoms with Crippen LogP contribution >= 0.6 is 11.6 Å². The summed E-state index contributed by atoms with van der Waals surface area (Å²) in [6, 6.07) is 15.0. The molecule has 28 heavy (non-hydrogen) atoms. The average molecular weight is 401 g/mol. The van der Waals surface area contributed by atoms with E-state index >= 15 is 0 Å². The Morgan fingerprint density at radius 2 is 1.68 bits per heavy atom. The number of halogens is 1. The predicted octanol–water partition coefficient (Wildman–Crippen LogP) is 4.74. The molecule has 1 saturated carbocycles. The van der Waals surface area contributed by atoms with E-state index in [2.05, 4.69) is 5.32 Å². The van der Waals surface area contributed by atoms with Gasteiger partial charge in [-0.1, -0.05) is 35.9 Å². The topological polar surface area (TPSA) is 58.6 Å². The van der Waals surface area contributed by atoms with Gasteiger partial charge >= 0.3 is 6.09 Å². The molecule has 0 bridgehead atoms. The standard InChI is InChI=1S/C22H25ClN2O3/c1-3-24-21(26)17-6-11-19(14-17)25(2)22(27)28-20-12-7-16(8-13-20)15-4-9-18(23)10-5-15/h4-5,7-10,12-13,17,19H,3,6,11,14H2,1-2H3,(H,24,26)/t17-,19+/m0/s1. The average Bonchev–Trinajstić information content (AvgIpc) is 3.19. The van der Waals surface area contributed by atoms with Crippen LogP contribution in [0.4, 0.5) is 4.79 Å². The molecular weight excluding hydrogens is 376 g/mol. The first kappa shape index (κ1) is 20.2. The van der Waals surface area contributed by atoms with Gasteiger partial charge in [0.2, 0.25) is 5.91 Å². The molecule has 0 spiro atoms. The molecule has 0 saturated heterocycles. The Morgan fingerprint density at radius 3 is 2.29 bits per heavy atom. The summed E-state index contributed by atoms with van der Waals surface area (Å²) < 4.78 is 5.51. The van der Waals surface area contributed by atoms with Crippen LogP contribution in [0.3, 0.4) is 0 Å². The Hall–Kier alpha value is -2.53. The van der Waals surface area contributed by atoms with Gasteiger partial charge in [-0.25, -0.2) is 4.79 Å². The molecule has 2 amide bonds. The van der Waals surface area contributed by atoms with Crippen molar-refractivity contribution in [2.24, 2.45) is 5.92 Å². The second-order valence-electron chi connectivity index (χ2n) is 7.07. The van der Waals surface area contributed by atoms with Gasteiger partial charge in [-0.3, -0.25) is 4.79 Å². The Labute approximate surface area is 170 Å². The molecule has 0 aromatic heterocycles. The van der Waals surface area contributed by atoms with E-state index in [9.17, 15) is 9.59 Å². The number of ether oxygens (including phenoxy) is 1. The smallest absolute Gasteiger partial charge is 0.410 e. The van der Waals surface area contributed by atoms with Crippen molar-refractivity contribution >= 4 is 23.6 Å². The minimum absolute atomic E-state index is 0.0217. The van der Waals surface area contributed by atoms with E-state index in [4.69, 9.17) is 16.3 Å². The summed E-state index contributed by atoms with van der Waals surface area (Å²) in [7, 11) is 1.73. The van der Waals surface area contributed by atoms with Gasteiger partial charge in [0, 0.05) is 30.6 Å². The molecule has 148 valence electrons. The summed E-state index contributed by atoms with van der Waals surface area (Å²) in [5.74, 6) is 0.538. The zero-order valence-corrected chi connectivity index (χ0v) is 16.9. The third-order valence-corrected chi connectivity index (χ3v) is 5.45. The lowest BCUT2D eigenvalue weighted by Gasteiger charge is -2.23. The monoisotopic (exact) mass is 400 g/mol. The van der Waals surface area contributed by atoms with E-state index < -0.39 is 6.09 Å². The number of carbonyl (C=O) groups excluding carboxylic acids is 2. The predicted molar refractivity (Wildman–Crippen MR) is 110 cm³/mol. The third kappa shape index (κ3) is 4.84. The van der Waals surface area contributed by atoms with Crippen LogP contribution in [0.1, 0.15) is 26.2 Å². The fraction of sp³-hybridized carbons (Fsp3) is 0.364. The van der Waals surface area contributed by atoms with Crippen LogP contribution in [-0.2, 0) is 4.79 Å². The van der Waals surface area contributed by atoms with Gasteiger partial charge in [0.15, 0.2) is 0 Å². The lowest BCUT2D eigenvalue weighted by molar-refractivity contribution is -0.124. The summed E-state index contributed by atoms with van der Waals surface area (Å²) in [6.45, 7) is 2.54. The van der Waals surface area contributed by atoms with Crippen molar-refractivity contribution < 1.29 is 14.3 Å². The molecule has 0 unspecified atom stereocenters. The maximum atomic E-state index is 12.5. The van der Waals surface area contributed by atoms with Gasteiger partial charge in [-0.15, -0.1) is 0 Å². The number of nitrogens with zero attached hydrogens (tertiary/aromatic N) is 1. The van der Waals surface area contributed by atoms with Crippen LogP contribution in [0.5, 0.6) is 5.75 Å². The van der Waals surface area contributed by atoms with Crippen LogP contribution in [0, 0.1) is 5.92 Å². The SMILES string of the molecule is CCNC(=O)[C@H]1CC[C@@H](N(C)C(=O)Oc2ccc(-c3ccc(Cl)cc3)cc2)C1. The van der Waals surface area contributed by atoms with Crippen molar-refractivity contribution in [1.29, 1.82) is 0 Å². The van der Waals surface area contributed by atoms with Gasteiger partial charge in [-0.05, 0) is 61.6 Å². The molecule has 0 aliphatic heterocycles. The van der Waals surface area contributed by atoms with Gasteiger partial charge in [-0.2, -0.15) is 0 Å².